The molecule has 0 bridgehead atoms. The Balaban J connectivity index is 2.50. The van der Waals surface area contributed by atoms with E-state index in [1.165, 1.54) is 0 Å². The van der Waals surface area contributed by atoms with Gasteiger partial charge in [0, 0.05) is 11.9 Å². The monoisotopic (exact) mass is 181 g/mol. The molecule has 0 aliphatic rings. The summed E-state index contributed by atoms with van der Waals surface area (Å²) >= 11 is 0. The molecule has 1 rings (SSSR count). The van der Waals surface area contributed by atoms with Gasteiger partial charge in [0.05, 0.1) is 12.7 Å². The molecule has 0 saturated carbocycles. The first-order chi connectivity index (χ1) is 6.24. The van der Waals surface area contributed by atoms with E-state index in [-0.39, 0.29) is 12.5 Å². The third-order valence-corrected chi connectivity index (χ3v) is 2.10. The SMILES string of the molecule is C[C@H](Cc1ccccn1)[C@H](O)CO. The third-order valence-electron chi connectivity index (χ3n) is 2.10. The van der Waals surface area contributed by atoms with Crippen molar-refractivity contribution in [2.75, 3.05) is 6.61 Å². The highest BCUT2D eigenvalue weighted by molar-refractivity contribution is 5.04. The van der Waals surface area contributed by atoms with E-state index in [4.69, 9.17) is 5.11 Å². The summed E-state index contributed by atoms with van der Waals surface area (Å²) in [5.74, 6) is 0.0416. The Bertz CT molecular complexity index is 238. The van der Waals surface area contributed by atoms with Crippen molar-refractivity contribution in [3.05, 3.63) is 30.1 Å². The van der Waals surface area contributed by atoms with E-state index in [0.717, 1.165) is 5.69 Å². The Labute approximate surface area is 78.1 Å². The van der Waals surface area contributed by atoms with Gasteiger partial charge in [0.2, 0.25) is 0 Å². The largest absolute Gasteiger partial charge is 0.394 e. The van der Waals surface area contributed by atoms with Crippen molar-refractivity contribution < 1.29 is 10.2 Å². The van der Waals surface area contributed by atoms with Crippen LogP contribution in [0.1, 0.15) is 12.6 Å². The van der Waals surface area contributed by atoms with E-state index in [1.807, 2.05) is 25.1 Å². The van der Waals surface area contributed by atoms with Crippen LogP contribution in [0, 0.1) is 5.92 Å². The minimum atomic E-state index is -0.651. The molecule has 2 atom stereocenters. The number of aromatic nitrogens is 1. The predicted octanol–water partition coefficient (Wildman–Crippen LogP) is 0.613. The standard InChI is InChI=1S/C10H15NO2/c1-8(10(13)7-12)6-9-4-2-3-5-11-9/h2-5,8,10,12-13H,6-7H2,1H3/t8-,10-/m1/s1. The Morgan fingerprint density at radius 2 is 2.23 bits per heavy atom. The van der Waals surface area contributed by atoms with Gasteiger partial charge in [0.25, 0.3) is 0 Å². The maximum Gasteiger partial charge on any atom is 0.0800 e. The Hall–Kier alpha value is -0.930. The van der Waals surface area contributed by atoms with Crippen LogP contribution < -0.4 is 0 Å². The highest BCUT2D eigenvalue weighted by Crippen LogP contribution is 2.09. The zero-order valence-corrected chi connectivity index (χ0v) is 7.72. The lowest BCUT2D eigenvalue weighted by Gasteiger charge is -2.15. The molecule has 0 aliphatic carbocycles. The number of hydrogen-bond donors (Lipinski definition) is 2. The first-order valence-corrected chi connectivity index (χ1v) is 4.43. The molecule has 0 aliphatic heterocycles. The van der Waals surface area contributed by atoms with Gasteiger partial charge in [-0.3, -0.25) is 4.98 Å². The van der Waals surface area contributed by atoms with Crippen LogP contribution in [0.25, 0.3) is 0 Å². The molecule has 0 amide bonds. The second kappa shape index (κ2) is 4.94. The van der Waals surface area contributed by atoms with Crippen molar-refractivity contribution in [1.29, 1.82) is 0 Å². The second-order valence-electron chi connectivity index (χ2n) is 3.25. The molecule has 0 spiro atoms. The molecule has 1 heterocycles. The molecular formula is C10H15NO2. The number of rotatable bonds is 4. The van der Waals surface area contributed by atoms with Crippen LogP contribution in [-0.2, 0) is 6.42 Å². The predicted molar refractivity (Wildman–Crippen MR) is 50.2 cm³/mol. The number of pyridine rings is 1. The fourth-order valence-corrected chi connectivity index (χ4v) is 1.16. The smallest absolute Gasteiger partial charge is 0.0800 e. The molecule has 0 unspecified atom stereocenters. The van der Waals surface area contributed by atoms with Gasteiger partial charge in [0.15, 0.2) is 0 Å². The molecule has 0 saturated heterocycles. The molecule has 3 nitrogen and oxygen atoms in total. The molecule has 2 N–H and O–H groups in total. The quantitative estimate of drug-likeness (QED) is 0.715. The average molecular weight is 181 g/mol. The molecule has 72 valence electrons. The van der Waals surface area contributed by atoms with Gasteiger partial charge in [-0.1, -0.05) is 13.0 Å². The first-order valence-electron chi connectivity index (χ1n) is 4.43. The Kier molecular flexibility index (Phi) is 3.86. The van der Waals surface area contributed by atoms with E-state index < -0.39 is 6.10 Å². The molecule has 0 aromatic carbocycles. The van der Waals surface area contributed by atoms with Crippen molar-refractivity contribution in [1.82, 2.24) is 4.98 Å². The van der Waals surface area contributed by atoms with Gasteiger partial charge >= 0.3 is 0 Å². The van der Waals surface area contributed by atoms with E-state index in [1.54, 1.807) is 6.20 Å². The zero-order chi connectivity index (χ0) is 9.68. The summed E-state index contributed by atoms with van der Waals surface area (Å²) in [7, 11) is 0. The molecule has 1 aromatic rings. The summed E-state index contributed by atoms with van der Waals surface area (Å²) in [6, 6.07) is 5.69. The second-order valence-corrected chi connectivity index (χ2v) is 3.25. The van der Waals surface area contributed by atoms with Gasteiger partial charge in [-0.25, -0.2) is 0 Å². The van der Waals surface area contributed by atoms with Gasteiger partial charge in [-0.2, -0.15) is 0 Å². The van der Waals surface area contributed by atoms with Crippen molar-refractivity contribution in [3.8, 4) is 0 Å². The van der Waals surface area contributed by atoms with Crippen molar-refractivity contribution >= 4 is 0 Å². The Morgan fingerprint density at radius 3 is 2.77 bits per heavy atom. The zero-order valence-electron chi connectivity index (χ0n) is 7.72. The molecule has 1 aromatic heterocycles. The highest BCUT2D eigenvalue weighted by Gasteiger charge is 2.13. The first kappa shape index (κ1) is 10.2. The average Bonchev–Trinajstić information content (AvgIpc) is 2.18. The van der Waals surface area contributed by atoms with E-state index in [2.05, 4.69) is 4.98 Å². The number of nitrogens with zero attached hydrogens (tertiary/aromatic N) is 1. The highest BCUT2D eigenvalue weighted by atomic mass is 16.3. The van der Waals surface area contributed by atoms with Crippen molar-refractivity contribution in [3.63, 3.8) is 0 Å². The van der Waals surface area contributed by atoms with Crippen LogP contribution in [0.5, 0.6) is 0 Å². The summed E-state index contributed by atoms with van der Waals surface area (Å²) in [5.41, 5.74) is 0.947. The summed E-state index contributed by atoms with van der Waals surface area (Å²) < 4.78 is 0. The van der Waals surface area contributed by atoms with Gasteiger partial charge in [0.1, 0.15) is 0 Å². The summed E-state index contributed by atoms with van der Waals surface area (Å²) in [4.78, 5) is 4.14. The minimum Gasteiger partial charge on any atom is -0.394 e. The van der Waals surface area contributed by atoms with Crippen LogP contribution >= 0.6 is 0 Å². The molecule has 0 radical (unpaired) electrons. The minimum absolute atomic E-state index is 0.0416. The summed E-state index contributed by atoms with van der Waals surface area (Å²) in [6.07, 6.45) is 1.78. The number of aliphatic hydroxyl groups is 2. The molecular weight excluding hydrogens is 166 g/mol. The lowest BCUT2D eigenvalue weighted by molar-refractivity contribution is 0.0532. The molecule has 13 heavy (non-hydrogen) atoms. The van der Waals surface area contributed by atoms with E-state index in [9.17, 15) is 5.11 Å². The normalized spacial score (nSPS) is 15.3. The molecule has 3 heteroatoms. The van der Waals surface area contributed by atoms with Crippen LogP contribution in [0.4, 0.5) is 0 Å². The van der Waals surface area contributed by atoms with E-state index >= 15 is 0 Å². The lowest BCUT2D eigenvalue weighted by Crippen LogP contribution is -2.23. The van der Waals surface area contributed by atoms with Gasteiger partial charge in [-0.15, -0.1) is 0 Å². The summed E-state index contributed by atoms with van der Waals surface area (Å²) in [5, 5.41) is 18.0. The number of aliphatic hydroxyl groups excluding tert-OH is 2. The van der Waals surface area contributed by atoms with Gasteiger partial charge < -0.3 is 10.2 Å². The third kappa shape index (κ3) is 3.13. The summed E-state index contributed by atoms with van der Waals surface area (Å²) in [6.45, 7) is 1.71. The van der Waals surface area contributed by atoms with Crippen LogP contribution in [0.3, 0.4) is 0 Å². The van der Waals surface area contributed by atoms with Crippen molar-refractivity contribution in [2.45, 2.75) is 19.4 Å². The topological polar surface area (TPSA) is 53.4 Å². The van der Waals surface area contributed by atoms with Crippen LogP contribution in [-0.4, -0.2) is 27.9 Å². The Morgan fingerprint density at radius 1 is 1.46 bits per heavy atom. The van der Waals surface area contributed by atoms with E-state index in [0.29, 0.717) is 6.42 Å². The van der Waals surface area contributed by atoms with Crippen LogP contribution in [0.15, 0.2) is 24.4 Å². The maximum absolute atomic E-state index is 9.31. The molecule has 0 fully saturated rings. The lowest BCUT2D eigenvalue weighted by atomic mass is 9.99. The number of hydrogen-bond acceptors (Lipinski definition) is 3. The fraction of sp³-hybridized carbons (Fsp3) is 0.500. The maximum atomic E-state index is 9.31. The fourth-order valence-electron chi connectivity index (χ4n) is 1.16. The van der Waals surface area contributed by atoms with Crippen LogP contribution in [0.2, 0.25) is 0 Å². The van der Waals surface area contributed by atoms with Crippen molar-refractivity contribution in [2.24, 2.45) is 5.92 Å². The van der Waals surface area contributed by atoms with Gasteiger partial charge in [-0.05, 0) is 24.5 Å².